The summed E-state index contributed by atoms with van der Waals surface area (Å²) >= 11 is 3.02. The molecule has 0 unspecified atom stereocenters. The van der Waals surface area contributed by atoms with Gasteiger partial charge in [0.25, 0.3) is 0 Å². The van der Waals surface area contributed by atoms with Crippen LogP contribution in [0.15, 0.2) is 0 Å². The Morgan fingerprint density at radius 2 is 2.50 bits per heavy atom. The maximum absolute atomic E-state index is 9.52. The molecule has 0 heterocycles. The van der Waals surface area contributed by atoms with Crippen molar-refractivity contribution in [2.24, 2.45) is 0 Å². The molecule has 0 spiro atoms. The number of thiol groups is 1. The molecule has 0 aromatic carbocycles. The number of hydrogen-bond donors (Lipinski definition) is 1. The van der Waals surface area contributed by atoms with Crippen molar-refractivity contribution in [1.29, 1.82) is 5.26 Å². The Hall–Kier alpha value is -0.690. The molecule has 0 atom stereocenters. The molecular formula is C2HNO2S. The molecule has 0 N–H and O–H groups in total. The third-order valence-corrected chi connectivity index (χ3v) is 0.340. The quantitative estimate of drug-likeness (QED) is 0.264. The summed E-state index contributed by atoms with van der Waals surface area (Å²) in [6.07, 6.45) is 0. The fourth-order valence-corrected chi connectivity index (χ4v) is 0.0612. The zero-order valence-corrected chi connectivity index (χ0v) is 3.61. The van der Waals surface area contributed by atoms with Gasteiger partial charge >= 0.3 is 5.97 Å². The molecule has 0 saturated heterocycles. The van der Waals surface area contributed by atoms with Gasteiger partial charge in [-0.25, -0.2) is 4.79 Å². The normalized spacial score (nSPS) is 6.00. The highest BCUT2D eigenvalue weighted by molar-refractivity contribution is 7.75. The Kier molecular flexibility index (Phi) is 2.25. The van der Waals surface area contributed by atoms with E-state index in [4.69, 9.17) is 5.26 Å². The first-order valence-corrected chi connectivity index (χ1v) is 1.43. The van der Waals surface area contributed by atoms with Crippen LogP contribution in [0.3, 0.4) is 0 Å². The third kappa shape index (κ3) is 1.61. The van der Waals surface area contributed by atoms with Crippen LogP contribution in [0.1, 0.15) is 0 Å². The Morgan fingerprint density at radius 1 is 2.00 bits per heavy atom. The highest BCUT2D eigenvalue weighted by Crippen LogP contribution is 1.75. The first kappa shape index (κ1) is 5.31. The fourth-order valence-electron chi connectivity index (χ4n) is 0.0204. The van der Waals surface area contributed by atoms with Crippen LogP contribution in [0, 0.1) is 11.3 Å². The van der Waals surface area contributed by atoms with Crippen LogP contribution < -0.4 is 0 Å². The SMILES string of the molecule is N#CC(=O)OS. The molecule has 0 radical (unpaired) electrons. The molecule has 3 nitrogen and oxygen atoms in total. The lowest BCUT2D eigenvalue weighted by molar-refractivity contribution is -0.126. The van der Waals surface area contributed by atoms with Crippen molar-refractivity contribution in [1.82, 2.24) is 0 Å². The molecule has 0 aliphatic carbocycles. The van der Waals surface area contributed by atoms with E-state index in [-0.39, 0.29) is 0 Å². The van der Waals surface area contributed by atoms with Gasteiger partial charge in [0.05, 0.1) is 0 Å². The second-order valence-corrected chi connectivity index (χ2v) is 0.673. The monoisotopic (exact) mass is 103 g/mol. The number of hydrogen-bond acceptors (Lipinski definition) is 4. The summed E-state index contributed by atoms with van der Waals surface area (Å²) in [6, 6.07) is 1.18. The van der Waals surface area contributed by atoms with E-state index < -0.39 is 5.97 Å². The summed E-state index contributed by atoms with van der Waals surface area (Å²) in [7, 11) is 0. The van der Waals surface area contributed by atoms with Crippen LogP contribution in [0.25, 0.3) is 0 Å². The van der Waals surface area contributed by atoms with Crippen LogP contribution in [0.2, 0.25) is 0 Å². The molecule has 0 rings (SSSR count). The van der Waals surface area contributed by atoms with Gasteiger partial charge in [-0.1, -0.05) is 0 Å². The molecule has 32 valence electrons. The number of rotatable bonds is 0. The van der Waals surface area contributed by atoms with Crippen molar-refractivity contribution in [2.45, 2.75) is 0 Å². The summed E-state index contributed by atoms with van der Waals surface area (Å²) in [4.78, 5) is 9.52. The molecule has 4 heteroatoms. The lowest BCUT2D eigenvalue weighted by Crippen LogP contribution is -1.87. The number of nitriles is 1. The number of nitrogens with zero attached hydrogens (tertiary/aromatic N) is 1. The molecule has 0 aliphatic rings. The van der Waals surface area contributed by atoms with Crippen LogP contribution in [-0.2, 0) is 8.98 Å². The average Bonchev–Trinajstić information content (AvgIpc) is 1.65. The van der Waals surface area contributed by atoms with Crippen molar-refractivity contribution >= 4 is 18.9 Å². The van der Waals surface area contributed by atoms with Gasteiger partial charge in [-0.05, 0) is 0 Å². The summed E-state index contributed by atoms with van der Waals surface area (Å²) in [5.41, 5.74) is 0. The molecule has 6 heavy (non-hydrogen) atoms. The summed E-state index contributed by atoms with van der Waals surface area (Å²) in [6.45, 7) is 0. The van der Waals surface area contributed by atoms with Gasteiger partial charge in [0.15, 0.2) is 6.07 Å². The second-order valence-electron chi connectivity index (χ2n) is 0.491. The van der Waals surface area contributed by atoms with Gasteiger partial charge in [-0.15, -0.1) is 0 Å². The first-order valence-electron chi connectivity index (χ1n) is 1.06. The Balaban J connectivity index is 3.33. The van der Waals surface area contributed by atoms with E-state index >= 15 is 0 Å². The standard InChI is InChI=1S/C2HNO2S/c3-1-2(4)5-6/h6H. The highest BCUT2D eigenvalue weighted by Gasteiger charge is 1.89. The van der Waals surface area contributed by atoms with Gasteiger partial charge in [-0.3, -0.25) is 0 Å². The van der Waals surface area contributed by atoms with Gasteiger partial charge in [-0.2, -0.15) is 5.26 Å². The van der Waals surface area contributed by atoms with Crippen molar-refractivity contribution in [2.75, 3.05) is 0 Å². The Labute approximate surface area is 40.1 Å². The molecular weight excluding hydrogens is 102 g/mol. The minimum Gasteiger partial charge on any atom is -0.384 e. The molecule has 0 amide bonds. The molecule has 0 aromatic rings. The van der Waals surface area contributed by atoms with E-state index in [2.05, 4.69) is 17.1 Å². The fraction of sp³-hybridized carbons (Fsp3) is 0. The molecule has 0 aliphatic heterocycles. The van der Waals surface area contributed by atoms with Crippen molar-refractivity contribution in [3.63, 3.8) is 0 Å². The summed E-state index contributed by atoms with van der Waals surface area (Å²) < 4.78 is 3.59. The Morgan fingerprint density at radius 3 is 2.50 bits per heavy atom. The lowest BCUT2D eigenvalue weighted by Gasteiger charge is -1.74. The maximum Gasteiger partial charge on any atom is 0.422 e. The number of carbonyl (C=O) groups excluding carboxylic acids is 1. The molecule has 0 fully saturated rings. The van der Waals surface area contributed by atoms with Crippen LogP contribution in [0.4, 0.5) is 0 Å². The van der Waals surface area contributed by atoms with Gasteiger partial charge in [0.2, 0.25) is 0 Å². The van der Waals surface area contributed by atoms with E-state index in [1.165, 1.54) is 6.07 Å². The third-order valence-electron chi connectivity index (χ3n) is 0.174. The average molecular weight is 103 g/mol. The smallest absolute Gasteiger partial charge is 0.384 e. The van der Waals surface area contributed by atoms with E-state index in [1.54, 1.807) is 0 Å². The van der Waals surface area contributed by atoms with Crippen LogP contribution in [-0.4, -0.2) is 5.97 Å². The predicted octanol–water partition coefficient (Wildman–Crippen LogP) is -0.102. The zero-order chi connectivity index (χ0) is 4.99. The van der Waals surface area contributed by atoms with Crippen LogP contribution >= 0.6 is 12.9 Å². The minimum absolute atomic E-state index is 0.988. The summed E-state index contributed by atoms with van der Waals surface area (Å²) in [5, 5.41) is 7.56. The lowest BCUT2D eigenvalue weighted by atomic mass is 10.8. The first-order chi connectivity index (χ1) is 2.81. The van der Waals surface area contributed by atoms with Crippen molar-refractivity contribution in [3.8, 4) is 6.07 Å². The topological polar surface area (TPSA) is 50.1 Å². The minimum atomic E-state index is -0.988. The van der Waals surface area contributed by atoms with E-state index in [0.29, 0.717) is 0 Å². The van der Waals surface area contributed by atoms with Gasteiger partial charge in [0.1, 0.15) is 0 Å². The molecule has 0 saturated carbocycles. The molecule has 0 aromatic heterocycles. The second kappa shape index (κ2) is 2.54. The summed E-state index contributed by atoms with van der Waals surface area (Å²) in [5.74, 6) is -0.988. The molecule has 0 bridgehead atoms. The van der Waals surface area contributed by atoms with Crippen LogP contribution in [0.5, 0.6) is 0 Å². The van der Waals surface area contributed by atoms with Crippen molar-refractivity contribution < 1.29 is 8.98 Å². The Bertz CT molecular complexity index is 94.2. The maximum atomic E-state index is 9.52. The highest BCUT2D eigenvalue weighted by atomic mass is 32.1. The van der Waals surface area contributed by atoms with E-state index in [9.17, 15) is 4.79 Å². The van der Waals surface area contributed by atoms with E-state index in [1.807, 2.05) is 0 Å². The zero-order valence-electron chi connectivity index (χ0n) is 2.71. The van der Waals surface area contributed by atoms with Gasteiger partial charge in [0, 0.05) is 12.9 Å². The largest absolute Gasteiger partial charge is 0.422 e. The number of carbonyl (C=O) groups is 1. The van der Waals surface area contributed by atoms with E-state index in [0.717, 1.165) is 0 Å². The van der Waals surface area contributed by atoms with Crippen molar-refractivity contribution in [3.05, 3.63) is 0 Å². The predicted molar refractivity (Wildman–Crippen MR) is 20.7 cm³/mol. The van der Waals surface area contributed by atoms with Gasteiger partial charge < -0.3 is 4.18 Å².